The lowest BCUT2D eigenvalue weighted by Crippen LogP contribution is -2.39. The molecule has 1 heterocycles. The van der Waals surface area contributed by atoms with E-state index in [1.54, 1.807) is 0 Å². The highest BCUT2D eigenvalue weighted by atomic mass is 16.2. The Bertz CT molecular complexity index is 791. The van der Waals surface area contributed by atoms with Crippen LogP contribution in [0.5, 0.6) is 0 Å². The Kier molecular flexibility index (Phi) is 5.19. The molecule has 130 valence electrons. The van der Waals surface area contributed by atoms with Gasteiger partial charge < -0.3 is 16.4 Å². The van der Waals surface area contributed by atoms with Crippen molar-refractivity contribution >= 4 is 11.8 Å². The Morgan fingerprint density at radius 2 is 2.28 bits per heavy atom. The van der Waals surface area contributed by atoms with Crippen LogP contribution in [0.3, 0.4) is 0 Å². The highest BCUT2D eigenvalue weighted by Gasteiger charge is 2.21. The number of rotatable bonds is 5. The third kappa shape index (κ3) is 3.91. The van der Waals surface area contributed by atoms with Gasteiger partial charge in [0.2, 0.25) is 0 Å². The number of fused-ring (bicyclic) bond motifs is 1. The van der Waals surface area contributed by atoms with Crippen LogP contribution in [0, 0.1) is 11.3 Å². The van der Waals surface area contributed by atoms with E-state index in [2.05, 4.69) is 33.0 Å². The normalized spacial score (nSPS) is 15.9. The van der Waals surface area contributed by atoms with E-state index in [1.807, 2.05) is 18.2 Å². The second-order valence-electron chi connectivity index (χ2n) is 6.22. The molecular weight excluding hydrogens is 316 g/mol. The second-order valence-corrected chi connectivity index (χ2v) is 6.22. The van der Waals surface area contributed by atoms with Crippen LogP contribution >= 0.6 is 0 Å². The Hall–Kier alpha value is -3.01. The molecule has 0 fully saturated rings. The summed E-state index contributed by atoms with van der Waals surface area (Å²) in [5.41, 5.74) is 9.24. The summed E-state index contributed by atoms with van der Waals surface area (Å²) >= 11 is 0. The molecule has 0 radical (unpaired) electrons. The van der Waals surface area contributed by atoms with Crippen molar-refractivity contribution in [2.75, 3.05) is 12.3 Å². The number of aromatic amines is 1. The van der Waals surface area contributed by atoms with E-state index in [4.69, 9.17) is 11.0 Å². The highest BCUT2D eigenvalue weighted by Crippen LogP contribution is 2.29. The van der Waals surface area contributed by atoms with Gasteiger partial charge in [-0.3, -0.25) is 5.10 Å². The molecule has 1 aromatic carbocycles. The topological polar surface area (TPSA) is 120 Å². The van der Waals surface area contributed by atoms with Gasteiger partial charge in [0.05, 0.1) is 11.7 Å². The van der Waals surface area contributed by atoms with E-state index in [0.717, 1.165) is 19.3 Å². The van der Waals surface area contributed by atoms with Gasteiger partial charge in [-0.2, -0.15) is 10.4 Å². The first kappa shape index (κ1) is 16.8. The molecule has 0 aliphatic heterocycles. The zero-order valence-corrected chi connectivity index (χ0v) is 14.0. The maximum Gasteiger partial charge on any atom is 0.315 e. The lowest BCUT2D eigenvalue weighted by atomic mass is 9.88. The average molecular weight is 338 g/mol. The minimum Gasteiger partial charge on any atom is -0.381 e. The number of H-pyrrole nitrogens is 1. The van der Waals surface area contributed by atoms with E-state index < -0.39 is 0 Å². The number of nitrogens with two attached hydrogens (primary N) is 1. The molecule has 0 saturated heterocycles. The molecule has 0 bridgehead atoms. The van der Waals surface area contributed by atoms with Gasteiger partial charge in [0.1, 0.15) is 11.6 Å². The van der Waals surface area contributed by atoms with Gasteiger partial charge in [-0.25, -0.2) is 4.79 Å². The maximum absolute atomic E-state index is 12.1. The number of nitrogen functional groups attached to an aromatic ring is 1. The fourth-order valence-corrected chi connectivity index (χ4v) is 3.28. The molecule has 2 aromatic rings. The number of hydrogen-bond donors (Lipinski definition) is 4. The summed E-state index contributed by atoms with van der Waals surface area (Å²) in [6.07, 6.45) is 4.43. The Morgan fingerprint density at radius 1 is 1.44 bits per heavy atom. The van der Waals surface area contributed by atoms with Crippen molar-refractivity contribution < 1.29 is 4.79 Å². The maximum atomic E-state index is 12.1. The van der Waals surface area contributed by atoms with E-state index in [-0.39, 0.29) is 17.9 Å². The van der Waals surface area contributed by atoms with Crippen molar-refractivity contribution in [3.05, 3.63) is 46.6 Å². The summed E-state index contributed by atoms with van der Waals surface area (Å²) in [6, 6.07) is 10.2. The fourth-order valence-electron chi connectivity index (χ4n) is 3.28. The Balaban J connectivity index is 1.46. The third-order valence-corrected chi connectivity index (χ3v) is 4.54. The predicted molar refractivity (Wildman–Crippen MR) is 94.7 cm³/mol. The number of nitrogens with zero attached hydrogens (tertiary/aromatic N) is 2. The summed E-state index contributed by atoms with van der Waals surface area (Å²) in [6.45, 7) is 0.518. The van der Waals surface area contributed by atoms with Crippen molar-refractivity contribution in [1.29, 1.82) is 5.26 Å². The van der Waals surface area contributed by atoms with Crippen LogP contribution in [-0.4, -0.2) is 22.8 Å². The van der Waals surface area contributed by atoms with Gasteiger partial charge >= 0.3 is 6.03 Å². The molecule has 7 nitrogen and oxygen atoms in total. The molecule has 7 heteroatoms. The van der Waals surface area contributed by atoms with Gasteiger partial charge in [0.25, 0.3) is 0 Å². The molecule has 25 heavy (non-hydrogen) atoms. The summed E-state index contributed by atoms with van der Waals surface area (Å²) in [5, 5.41) is 21.6. The number of nitrogens with one attached hydrogen (secondary N) is 3. The highest BCUT2D eigenvalue weighted by molar-refractivity contribution is 5.74. The average Bonchev–Trinajstić information content (AvgIpc) is 2.99. The first-order valence-electron chi connectivity index (χ1n) is 8.54. The van der Waals surface area contributed by atoms with E-state index in [1.165, 1.54) is 11.1 Å². The summed E-state index contributed by atoms with van der Waals surface area (Å²) in [4.78, 5) is 12.1. The molecule has 0 spiro atoms. The zero-order valence-electron chi connectivity index (χ0n) is 14.0. The quantitative estimate of drug-likeness (QED) is 0.624. The van der Waals surface area contributed by atoms with Crippen molar-refractivity contribution in [3.63, 3.8) is 0 Å². The molecule has 1 unspecified atom stereocenters. The minimum atomic E-state index is -0.161. The number of benzene rings is 1. The second kappa shape index (κ2) is 7.71. The number of hydrogen-bond acceptors (Lipinski definition) is 4. The Labute approximate surface area is 146 Å². The number of anilines is 1. The standard InChI is InChI=1S/C18H22N6O/c19-11-14-16(23-24-17(14)20)9-4-10-21-18(25)22-15-8-3-6-12-5-1-2-7-13(12)15/h1-2,5,7,15H,3-4,6,8-10H2,(H3,20,23,24)(H2,21,22,25). The number of aromatic nitrogens is 2. The van der Waals surface area contributed by atoms with Gasteiger partial charge in [0, 0.05) is 6.54 Å². The van der Waals surface area contributed by atoms with Crippen LogP contribution in [0.1, 0.15) is 47.7 Å². The van der Waals surface area contributed by atoms with E-state index in [0.29, 0.717) is 30.6 Å². The van der Waals surface area contributed by atoms with Crippen molar-refractivity contribution in [3.8, 4) is 6.07 Å². The molecular formula is C18H22N6O. The lowest BCUT2D eigenvalue weighted by molar-refractivity contribution is 0.235. The fraction of sp³-hybridized carbons (Fsp3) is 0.389. The van der Waals surface area contributed by atoms with Crippen molar-refractivity contribution in [1.82, 2.24) is 20.8 Å². The Morgan fingerprint density at radius 3 is 3.12 bits per heavy atom. The van der Waals surface area contributed by atoms with Gasteiger partial charge in [0.15, 0.2) is 5.82 Å². The molecule has 0 saturated carbocycles. The number of carbonyl (C=O) groups excluding carboxylic acids is 1. The molecule has 1 aliphatic rings. The number of nitriles is 1. The SMILES string of the molecule is N#Cc1c(N)n[nH]c1CCCNC(=O)NC1CCCc2ccccc21. The van der Waals surface area contributed by atoms with Crippen molar-refractivity contribution in [2.24, 2.45) is 0 Å². The summed E-state index contributed by atoms with van der Waals surface area (Å²) < 4.78 is 0. The number of aryl methyl sites for hydroxylation is 2. The van der Waals surface area contributed by atoms with Crippen LogP contribution in [-0.2, 0) is 12.8 Å². The molecule has 3 rings (SSSR count). The third-order valence-electron chi connectivity index (χ3n) is 4.54. The minimum absolute atomic E-state index is 0.0718. The van der Waals surface area contributed by atoms with E-state index in [9.17, 15) is 4.79 Å². The number of urea groups is 1. The summed E-state index contributed by atoms with van der Waals surface area (Å²) in [5.74, 6) is 0.221. The molecule has 2 amide bonds. The van der Waals surface area contributed by atoms with Gasteiger partial charge in [-0.15, -0.1) is 0 Å². The molecule has 1 aliphatic carbocycles. The van der Waals surface area contributed by atoms with Crippen LogP contribution < -0.4 is 16.4 Å². The first-order valence-corrected chi connectivity index (χ1v) is 8.54. The number of carbonyl (C=O) groups is 1. The van der Waals surface area contributed by atoms with Crippen LogP contribution in [0.15, 0.2) is 24.3 Å². The van der Waals surface area contributed by atoms with Crippen LogP contribution in [0.4, 0.5) is 10.6 Å². The predicted octanol–water partition coefficient (Wildman–Crippen LogP) is 2.17. The van der Waals surface area contributed by atoms with E-state index >= 15 is 0 Å². The lowest BCUT2D eigenvalue weighted by Gasteiger charge is -2.26. The van der Waals surface area contributed by atoms with Gasteiger partial charge in [-0.05, 0) is 43.2 Å². The zero-order chi connectivity index (χ0) is 17.6. The van der Waals surface area contributed by atoms with Crippen LogP contribution in [0.2, 0.25) is 0 Å². The molecule has 1 aromatic heterocycles. The number of amides is 2. The molecule has 5 N–H and O–H groups in total. The molecule has 1 atom stereocenters. The smallest absolute Gasteiger partial charge is 0.315 e. The van der Waals surface area contributed by atoms with Gasteiger partial charge in [-0.1, -0.05) is 24.3 Å². The van der Waals surface area contributed by atoms with Crippen molar-refractivity contribution in [2.45, 2.75) is 38.1 Å². The largest absolute Gasteiger partial charge is 0.381 e. The monoisotopic (exact) mass is 338 g/mol. The summed E-state index contributed by atoms with van der Waals surface area (Å²) in [7, 11) is 0. The van der Waals surface area contributed by atoms with Crippen LogP contribution in [0.25, 0.3) is 0 Å². The first-order chi connectivity index (χ1) is 12.2.